The molecule has 0 saturated carbocycles. The zero-order valence-electron chi connectivity index (χ0n) is 11.6. The molecule has 0 atom stereocenters. The molecule has 0 bridgehead atoms. The number of ether oxygens (including phenoxy) is 1. The first kappa shape index (κ1) is 12.5. The number of nitrogens with zero attached hydrogens (tertiary/aromatic N) is 2. The molecule has 0 radical (unpaired) electrons. The summed E-state index contributed by atoms with van der Waals surface area (Å²) in [5.41, 5.74) is 2.38. The first-order valence-corrected chi connectivity index (χ1v) is 7.11. The third-order valence-corrected chi connectivity index (χ3v) is 3.87. The summed E-state index contributed by atoms with van der Waals surface area (Å²) in [6.07, 6.45) is 4.25. The average Bonchev–Trinajstić information content (AvgIpc) is 2.87. The molecule has 19 heavy (non-hydrogen) atoms. The van der Waals surface area contributed by atoms with Crippen molar-refractivity contribution in [3.05, 3.63) is 23.9 Å². The second-order valence-corrected chi connectivity index (χ2v) is 5.15. The molecular formula is C15H21N3O. The van der Waals surface area contributed by atoms with Crippen LogP contribution in [-0.2, 0) is 0 Å². The molecule has 1 fully saturated rings. The molecule has 1 aromatic carbocycles. The highest BCUT2D eigenvalue weighted by molar-refractivity contribution is 5.86. The second kappa shape index (κ2) is 5.21. The molecule has 2 heterocycles. The molecule has 0 amide bonds. The predicted molar refractivity (Wildman–Crippen MR) is 76.8 cm³/mol. The predicted octanol–water partition coefficient (Wildman–Crippen LogP) is 2.67. The summed E-state index contributed by atoms with van der Waals surface area (Å²) in [6, 6.07) is 4.81. The zero-order chi connectivity index (χ0) is 13.2. The minimum atomic E-state index is 0.510. The van der Waals surface area contributed by atoms with E-state index in [9.17, 15) is 0 Å². The quantitative estimate of drug-likeness (QED) is 0.921. The maximum absolute atomic E-state index is 5.78. The van der Waals surface area contributed by atoms with Gasteiger partial charge in [-0.3, -0.25) is 4.68 Å². The molecular weight excluding hydrogens is 238 g/mol. The number of benzene rings is 1. The van der Waals surface area contributed by atoms with Crippen LogP contribution in [0.25, 0.3) is 10.9 Å². The van der Waals surface area contributed by atoms with Crippen molar-refractivity contribution in [1.82, 2.24) is 15.1 Å². The van der Waals surface area contributed by atoms with Crippen LogP contribution in [-0.4, -0.2) is 29.5 Å². The molecule has 0 spiro atoms. The Morgan fingerprint density at radius 2 is 2.16 bits per heavy atom. The third kappa shape index (κ3) is 2.21. The summed E-state index contributed by atoms with van der Waals surface area (Å²) in [5, 5.41) is 9.15. The number of piperidine rings is 1. The Balaban J connectivity index is 2.05. The molecule has 1 aliphatic heterocycles. The summed E-state index contributed by atoms with van der Waals surface area (Å²) in [6.45, 7) is 6.96. The fourth-order valence-electron chi connectivity index (χ4n) is 2.88. The molecule has 1 aromatic heterocycles. The Morgan fingerprint density at radius 3 is 2.89 bits per heavy atom. The van der Waals surface area contributed by atoms with Gasteiger partial charge in [0.15, 0.2) is 0 Å². The van der Waals surface area contributed by atoms with Gasteiger partial charge in [-0.25, -0.2) is 0 Å². The van der Waals surface area contributed by atoms with E-state index in [1.54, 1.807) is 0 Å². The van der Waals surface area contributed by atoms with Crippen molar-refractivity contribution in [3.63, 3.8) is 0 Å². The van der Waals surface area contributed by atoms with Gasteiger partial charge in [0, 0.05) is 0 Å². The molecule has 3 rings (SSSR count). The topological polar surface area (TPSA) is 39.1 Å². The van der Waals surface area contributed by atoms with E-state index in [2.05, 4.69) is 34.2 Å². The lowest BCUT2D eigenvalue weighted by Gasteiger charge is -2.23. The lowest BCUT2D eigenvalue weighted by Crippen LogP contribution is -2.29. The Hall–Kier alpha value is -1.55. The van der Waals surface area contributed by atoms with Crippen molar-refractivity contribution in [3.8, 4) is 5.75 Å². The van der Waals surface area contributed by atoms with Crippen LogP contribution in [0.2, 0.25) is 0 Å². The Labute approximate surface area is 113 Å². The van der Waals surface area contributed by atoms with E-state index >= 15 is 0 Å². The summed E-state index contributed by atoms with van der Waals surface area (Å²) < 4.78 is 7.96. The Kier molecular flexibility index (Phi) is 3.42. The summed E-state index contributed by atoms with van der Waals surface area (Å²) in [5.74, 6) is 0.986. The number of nitrogens with one attached hydrogen (secondary N) is 1. The molecule has 1 N–H and O–H groups in total. The minimum Gasteiger partial charge on any atom is -0.493 e. The number of hydrogen-bond donors (Lipinski definition) is 1. The van der Waals surface area contributed by atoms with Crippen LogP contribution in [0.3, 0.4) is 0 Å². The fraction of sp³-hybridized carbons (Fsp3) is 0.533. The van der Waals surface area contributed by atoms with Crippen LogP contribution in [0.5, 0.6) is 5.75 Å². The van der Waals surface area contributed by atoms with Gasteiger partial charge in [0.25, 0.3) is 0 Å². The van der Waals surface area contributed by atoms with E-state index in [-0.39, 0.29) is 0 Å². The first-order chi connectivity index (χ1) is 9.31. The molecule has 1 aliphatic rings. The molecule has 4 heteroatoms. The van der Waals surface area contributed by atoms with Gasteiger partial charge < -0.3 is 10.1 Å². The number of aryl methyl sites for hydroxylation is 1. The van der Waals surface area contributed by atoms with Crippen molar-refractivity contribution in [2.75, 3.05) is 19.7 Å². The van der Waals surface area contributed by atoms with E-state index in [1.165, 1.54) is 11.1 Å². The standard InChI is InChI=1S/C15H21N3O/c1-3-19-15-11(2)4-5-14-13(15)10-17-18(14)12-6-8-16-9-7-12/h4-5,10,12,16H,3,6-9H2,1-2H3. The number of rotatable bonds is 3. The molecule has 1 saturated heterocycles. The van der Waals surface area contributed by atoms with Gasteiger partial charge in [-0.05, 0) is 51.4 Å². The highest BCUT2D eigenvalue weighted by Crippen LogP contribution is 2.32. The van der Waals surface area contributed by atoms with Gasteiger partial charge in [0.1, 0.15) is 5.75 Å². The zero-order valence-corrected chi connectivity index (χ0v) is 11.6. The summed E-state index contributed by atoms with van der Waals surface area (Å²) in [4.78, 5) is 0. The minimum absolute atomic E-state index is 0.510. The monoisotopic (exact) mass is 259 g/mol. The fourth-order valence-corrected chi connectivity index (χ4v) is 2.88. The second-order valence-electron chi connectivity index (χ2n) is 5.15. The van der Waals surface area contributed by atoms with Crippen molar-refractivity contribution < 1.29 is 4.74 Å². The van der Waals surface area contributed by atoms with Gasteiger partial charge in [0.05, 0.1) is 29.7 Å². The van der Waals surface area contributed by atoms with Crippen LogP contribution in [0.1, 0.15) is 31.4 Å². The molecule has 2 aromatic rings. The number of hydrogen-bond acceptors (Lipinski definition) is 3. The SMILES string of the molecule is CCOc1c(C)ccc2c1cnn2C1CCNCC1. The van der Waals surface area contributed by atoms with Crippen molar-refractivity contribution in [2.45, 2.75) is 32.7 Å². The largest absolute Gasteiger partial charge is 0.493 e. The van der Waals surface area contributed by atoms with Crippen LogP contribution in [0.15, 0.2) is 18.3 Å². The number of aromatic nitrogens is 2. The normalized spacial score (nSPS) is 16.9. The first-order valence-electron chi connectivity index (χ1n) is 7.11. The summed E-state index contributed by atoms with van der Waals surface area (Å²) >= 11 is 0. The number of fused-ring (bicyclic) bond motifs is 1. The van der Waals surface area contributed by atoms with E-state index in [0.29, 0.717) is 12.6 Å². The van der Waals surface area contributed by atoms with E-state index in [0.717, 1.165) is 37.1 Å². The van der Waals surface area contributed by atoms with Gasteiger partial charge >= 0.3 is 0 Å². The molecule has 0 unspecified atom stereocenters. The Bertz CT molecular complexity index is 570. The van der Waals surface area contributed by atoms with Crippen molar-refractivity contribution in [1.29, 1.82) is 0 Å². The van der Waals surface area contributed by atoms with Crippen molar-refractivity contribution in [2.24, 2.45) is 0 Å². The van der Waals surface area contributed by atoms with Gasteiger partial charge in [-0.1, -0.05) is 6.07 Å². The Morgan fingerprint density at radius 1 is 1.37 bits per heavy atom. The highest BCUT2D eigenvalue weighted by Gasteiger charge is 2.19. The average molecular weight is 259 g/mol. The van der Waals surface area contributed by atoms with Crippen LogP contribution in [0, 0.1) is 6.92 Å². The maximum Gasteiger partial charge on any atom is 0.133 e. The van der Waals surface area contributed by atoms with Crippen LogP contribution in [0.4, 0.5) is 0 Å². The lowest BCUT2D eigenvalue weighted by molar-refractivity contribution is 0.341. The highest BCUT2D eigenvalue weighted by atomic mass is 16.5. The van der Waals surface area contributed by atoms with Crippen LogP contribution >= 0.6 is 0 Å². The van der Waals surface area contributed by atoms with Gasteiger partial charge in [-0.15, -0.1) is 0 Å². The van der Waals surface area contributed by atoms with Gasteiger partial charge in [0.2, 0.25) is 0 Å². The van der Waals surface area contributed by atoms with Crippen molar-refractivity contribution >= 4 is 10.9 Å². The van der Waals surface area contributed by atoms with E-state index < -0.39 is 0 Å². The lowest BCUT2D eigenvalue weighted by atomic mass is 10.1. The molecule has 102 valence electrons. The van der Waals surface area contributed by atoms with E-state index in [4.69, 9.17) is 4.74 Å². The molecule has 0 aliphatic carbocycles. The van der Waals surface area contributed by atoms with E-state index in [1.807, 2.05) is 13.1 Å². The third-order valence-electron chi connectivity index (χ3n) is 3.87. The molecule has 4 nitrogen and oxygen atoms in total. The maximum atomic E-state index is 5.78. The summed E-state index contributed by atoms with van der Waals surface area (Å²) in [7, 11) is 0. The van der Waals surface area contributed by atoms with Gasteiger partial charge in [-0.2, -0.15) is 5.10 Å². The van der Waals surface area contributed by atoms with Crippen LogP contribution < -0.4 is 10.1 Å². The smallest absolute Gasteiger partial charge is 0.133 e.